The van der Waals surface area contributed by atoms with Crippen molar-refractivity contribution in [3.63, 3.8) is 0 Å². The number of amides is 1. The Labute approximate surface area is 121 Å². The van der Waals surface area contributed by atoms with Crippen molar-refractivity contribution >= 4 is 11.9 Å². The molecule has 4 nitrogen and oxygen atoms in total. The van der Waals surface area contributed by atoms with E-state index in [-0.39, 0.29) is 12.0 Å². The van der Waals surface area contributed by atoms with Gasteiger partial charge in [-0.15, -0.1) is 0 Å². The van der Waals surface area contributed by atoms with Crippen LogP contribution in [0.1, 0.15) is 15.9 Å². The highest BCUT2D eigenvalue weighted by molar-refractivity contribution is 5.96. The number of aliphatic carboxylic acids is 1. The minimum atomic E-state index is -1.12. The smallest absolute Gasteiger partial charge is 0.326 e. The highest BCUT2D eigenvalue weighted by Gasteiger charge is 2.21. The minimum Gasteiger partial charge on any atom is -0.480 e. The van der Waals surface area contributed by atoms with Crippen molar-refractivity contribution in [1.29, 1.82) is 0 Å². The fourth-order valence-corrected chi connectivity index (χ4v) is 1.89. The highest BCUT2D eigenvalue weighted by Crippen LogP contribution is 2.06. The molecule has 2 rings (SSSR count). The van der Waals surface area contributed by atoms with Crippen molar-refractivity contribution < 1.29 is 19.1 Å². The number of benzene rings is 2. The fourth-order valence-electron chi connectivity index (χ4n) is 1.89. The molecule has 2 N–H and O–H groups in total. The summed E-state index contributed by atoms with van der Waals surface area (Å²) in [6.45, 7) is 0. The van der Waals surface area contributed by atoms with Crippen LogP contribution in [0.25, 0.3) is 0 Å². The molecule has 21 heavy (non-hydrogen) atoms. The lowest BCUT2D eigenvalue weighted by Gasteiger charge is -2.14. The summed E-state index contributed by atoms with van der Waals surface area (Å²) < 4.78 is 12.8. The molecule has 0 radical (unpaired) electrons. The monoisotopic (exact) mass is 287 g/mol. The molecular weight excluding hydrogens is 273 g/mol. The number of carboxylic acids is 1. The molecule has 0 fully saturated rings. The molecule has 0 aliphatic heterocycles. The standard InChI is InChI=1S/C16H14FNO3/c17-13-8-6-12(7-9-13)15(19)18-14(16(20)21)10-11-4-2-1-3-5-11/h1-9,14H,10H2,(H,18,19)(H,20,21)/t14-/m0/s1. The molecule has 0 bridgehead atoms. The van der Waals surface area contributed by atoms with Gasteiger partial charge in [0.15, 0.2) is 0 Å². The van der Waals surface area contributed by atoms with E-state index in [2.05, 4.69) is 5.32 Å². The van der Waals surface area contributed by atoms with Crippen LogP contribution in [-0.2, 0) is 11.2 Å². The van der Waals surface area contributed by atoms with Gasteiger partial charge >= 0.3 is 5.97 Å². The van der Waals surface area contributed by atoms with Crippen LogP contribution in [0.5, 0.6) is 0 Å². The highest BCUT2D eigenvalue weighted by atomic mass is 19.1. The lowest BCUT2D eigenvalue weighted by atomic mass is 10.1. The second-order valence-electron chi connectivity index (χ2n) is 4.56. The quantitative estimate of drug-likeness (QED) is 0.886. The largest absolute Gasteiger partial charge is 0.480 e. The van der Waals surface area contributed by atoms with Crippen LogP contribution < -0.4 is 5.32 Å². The Morgan fingerprint density at radius 1 is 1.05 bits per heavy atom. The molecule has 108 valence electrons. The topological polar surface area (TPSA) is 66.4 Å². The van der Waals surface area contributed by atoms with Gasteiger partial charge in [-0.25, -0.2) is 9.18 Å². The molecule has 0 saturated heterocycles. The van der Waals surface area contributed by atoms with E-state index < -0.39 is 23.7 Å². The first-order valence-electron chi connectivity index (χ1n) is 6.39. The Bertz CT molecular complexity index is 626. The van der Waals surface area contributed by atoms with Crippen LogP contribution in [0.2, 0.25) is 0 Å². The molecule has 1 atom stereocenters. The molecule has 0 aromatic heterocycles. The number of carboxylic acid groups (broad SMARTS) is 1. The van der Waals surface area contributed by atoms with E-state index in [1.165, 1.54) is 12.1 Å². The van der Waals surface area contributed by atoms with E-state index in [0.717, 1.165) is 17.7 Å². The van der Waals surface area contributed by atoms with Gasteiger partial charge in [0.1, 0.15) is 11.9 Å². The predicted molar refractivity (Wildman–Crippen MR) is 75.4 cm³/mol. The van der Waals surface area contributed by atoms with E-state index in [0.29, 0.717) is 0 Å². The third-order valence-electron chi connectivity index (χ3n) is 2.99. The first-order chi connectivity index (χ1) is 10.1. The van der Waals surface area contributed by atoms with Crippen molar-refractivity contribution in [2.45, 2.75) is 12.5 Å². The summed E-state index contributed by atoms with van der Waals surface area (Å²) in [5, 5.41) is 11.6. The van der Waals surface area contributed by atoms with E-state index in [1.54, 1.807) is 24.3 Å². The first kappa shape index (κ1) is 14.7. The van der Waals surface area contributed by atoms with Gasteiger partial charge in [0.25, 0.3) is 5.91 Å². The van der Waals surface area contributed by atoms with E-state index in [9.17, 15) is 19.1 Å². The predicted octanol–water partition coefficient (Wildman–Crippen LogP) is 2.25. The van der Waals surface area contributed by atoms with Crippen LogP contribution in [0, 0.1) is 5.82 Å². The van der Waals surface area contributed by atoms with Crippen LogP contribution in [0.4, 0.5) is 4.39 Å². The van der Waals surface area contributed by atoms with E-state index in [4.69, 9.17) is 0 Å². The van der Waals surface area contributed by atoms with Crippen LogP contribution in [0.15, 0.2) is 54.6 Å². The number of rotatable bonds is 5. The zero-order valence-electron chi connectivity index (χ0n) is 11.1. The average Bonchev–Trinajstić information content (AvgIpc) is 2.48. The summed E-state index contributed by atoms with van der Waals surface area (Å²) in [4.78, 5) is 23.2. The van der Waals surface area contributed by atoms with Gasteiger partial charge in [0.05, 0.1) is 0 Å². The van der Waals surface area contributed by atoms with Crippen molar-refractivity contribution in [3.8, 4) is 0 Å². The van der Waals surface area contributed by atoms with Gasteiger partial charge in [0, 0.05) is 12.0 Å². The summed E-state index contributed by atoms with van der Waals surface area (Å²) in [6.07, 6.45) is 0.184. The number of carbonyl (C=O) groups excluding carboxylic acids is 1. The summed E-state index contributed by atoms with van der Waals surface area (Å²) >= 11 is 0. The number of hydrogen-bond acceptors (Lipinski definition) is 2. The van der Waals surface area contributed by atoms with Crippen molar-refractivity contribution in [2.75, 3.05) is 0 Å². The molecule has 0 aliphatic rings. The lowest BCUT2D eigenvalue weighted by molar-refractivity contribution is -0.139. The minimum absolute atomic E-state index is 0.184. The molecular formula is C16H14FNO3. The SMILES string of the molecule is O=C(N[C@@H](Cc1ccccc1)C(=O)O)c1ccc(F)cc1. The molecule has 2 aromatic carbocycles. The van der Waals surface area contributed by atoms with Crippen LogP contribution in [-0.4, -0.2) is 23.0 Å². The summed E-state index contributed by atoms with van der Waals surface area (Å²) in [5.74, 6) is -2.11. The first-order valence-corrected chi connectivity index (χ1v) is 6.39. The Morgan fingerprint density at radius 2 is 1.67 bits per heavy atom. The van der Waals surface area contributed by atoms with Crippen molar-refractivity contribution in [3.05, 3.63) is 71.5 Å². The number of nitrogens with one attached hydrogen (secondary N) is 1. The molecule has 5 heteroatoms. The zero-order valence-corrected chi connectivity index (χ0v) is 11.1. The second kappa shape index (κ2) is 6.65. The number of halogens is 1. The molecule has 1 amide bonds. The van der Waals surface area contributed by atoms with Gasteiger partial charge in [-0.2, -0.15) is 0 Å². The van der Waals surface area contributed by atoms with Crippen LogP contribution >= 0.6 is 0 Å². The molecule has 2 aromatic rings. The summed E-state index contributed by atoms with van der Waals surface area (Å²) in [6, 6.07) is 12.9. The molecule has 0 heterocycles. The average molecular weight is 287 g/mol. The zero-order chi connectivity index (χ0) is 15.2. The summed E-state index contributed by atoms with van der Waals surface area (Å²) in [7, 11) is 0. The van der Waals surface area contributed by atoms with Gasteiger partial charge in [-0.3, -0.25) is 4.79 Å². The Balaban J connectivity index is 2.07. The maximum atomic E-state index is 12.8. The van der Waals surface area contributed by atoms with E-state index in [1.807, 2.05) is 6.07 Å². The normalized spacial score (nSPS) is 11.7. The third-order valence-corrected chi connectivity index (χ3v) is 2.99. The molecule has 0 aliphatic carbocycles. The maximum absolute atomic E-state index is 12.8. The maximum Gasteiger partial charge on any atom is 0.326 e. The fraction of sp³-hybridized carbons (Fsp3) is 0.125. The van der Waals surface area contributed by atoms with Crippen molar-refractivity contribution in [1.82, 2.24) is 5.32 Å². The van der Waals surface area contributed by atoms with Gasteiger partial charge in [-0.1, -0.05) is 30.3 Å². The molecule has 0 unspecified atom stereocenters. The van der Waals surface area contributed by atoms with Crippen LogP contribution in [0.3, 0.4) is 0 Å². The second-order valence-corrected chi connectivity index (χ2v) is 4.56. The van der Waals surface area contributed by atoms with Gasteiger partial charge in [0.2, 0.25) is 0 Å². The number of hydrogen-bond donors (Lipinski definition) is 2. The van der Waals surface area contributed by atoms with Crippen molar-refractivity contribution in [2.24, 2.45) is 0 Å². The van der Waals surface area contributed by atoms with E-state index >= 15 is 0 Å². The Kier molecular flexibility index (Phi) is 4.66. The number of carbonyl (C=O) groups is 2. The third kappa shape index (κ3) is 4.14. The molecule has 0 spiro atoms. The van der Waals surface area contributed by atoms with Gasteiger partial charge in [-0.05, 0) is 29.8 Å². The lowest BCUT2D eigenvalue weighted by Crippen LogP contribution is -2.42. The summed E-state index contributed by atoms with van der Waals surface area (Å²) in [5.41, 5.74) is 1.03. The van der Waals surface area contributed by atoms with Gasteiger partial charge < -0.3 is 10.4 Å². The Morgan fingerprint density at radius 3 is 2.24 bits per heavy atom. The molecule has 0 saturated carbocycles. The Hall–Kier alpha value is -2.69.